The van der Waals surface area contributed by atoms with E-state index >= 15 is 0 Å². The quantitative estimate of drug-likeness (QED) is 0.859. The summed E-state index contributed by atoms with van der Waals surface area (Å²) in [5.41, 5.74) is 2.62. The SMILES string of the molecule is C=C1c2ccccc2C(=O)N1CCNC1CCCCCC1. The summed E-state index contributed by atoms with van der Waals surface area (Å²) in [6, 6.07) is 8.37. The Bertz CT molecular complexity index is 495. The van der Waals surface area contributed by atoms with E-state index in [9.17, 15) is 4.79 Å². The summed E-state index contributed by atoms with van der Waals surface area (Å²) in [5.74, 6) is 0.0956. The van der Waals surface area contributed by atoms with Crippen molar-refractivity contribution in [2.24, 2.45) is 0 Å². The fourth-order valence-electron chi connectivity index (χ4n) is 3.44. The van der Waals surface area contributed by atoms with Crippen molar-refractivity contribution in [3.05, 3.63) is 42.0 Å². The molecular formula is C18H24N2O. The highest BCUT2D eigenvalue weighted by molar-refractivity contribution is 6.08. The van der Waals surface area contributed by atoms with Crippen LogP contribution in [0, 0.1) is 0 Å². The van der Waals surface area contributed by atoms with Crippen LogP contribution in [0.5, 0.6) is 0 Å². The van der Waals surface area contributed by atoms with Gasteiger partial charge < -0.3 is 10.2 Å². The molecule has 1 saturated carbocycles. The lowest BCUT2D eigenvalue weighted by Gasteiger charge is -2.21. The van der Waals surface area contributed by atoms with E-state index in [4.69, 9.17) is 0 Å². The molecule has 0 bridgehead atoms. The maximum atomic E-state index is 12.4. The van der Waals surface area contributed by atoms with Crippen molar-refractivity contribution in [2.45, 2.75) is 44.6 Å². The average molecular weight is 284 g/mol. The summed E-state index contributed by atoms with van der Waals surface area (Å²) < 4.78 is 0. The molecule has 0 aromatic heterocycles. The molecule has 0 radical (unpaired) electrons. The van der Waals surface area contributed by atoms with Gasteiger partial charge in [-0.25, -0.2) is 0 Å². The Balaban J connectivity index is 1.54. The van der Waals surface area contributed by atoms with Crippen molar-refractivity contribution in [1.82, 2.24) is 10.2 Å². The first-order valence-corrected chi connectivity index (χ1v) is 8.11. The number of nitrogens with one attached hydrogen (secondary N) is 1. The maximum absolute atomic E-state index is 12.4. The number of nitrogens with zero attached hydrogens (tertiary/aromatic N) is 1. The molecule has 1 aromatic rings. The van der Waals surface area contributed by atoms with Gasteiger partial charge in [0.1, 0.15) is 0 Å². The Hall–Kier alpha value is -1.61. The van der Waals surface area contributed by atoms with E-state index in [0.717, 1.165) is 23.4 Å². The van der Waals surface area contributed by atoms with Crippen molar-refractivity contribution in [3.8, 4) is 0 Å². The molecule has 21 heavy (non-hydrogen) atoms. The fourth-order valence-corrected chi connectivity index (χ4v) is 3.44. The van der Waals surface area contributed by atoms with Crippen LogP contribution in [0.2, 0.25) is 0 Å². The van der Waals surface area contributed by atoms with Gasteiger partial charge in [0.15, 0.2) is 0 Å². The predicted octanol–water partition coefficient (Wildman–Crippen LogP) is 3.43. The Morgan fingerprint density at radius 1 is 1.10 bits per heavy atom. The minimum atomic E-state index is 0.0956. The first-order valence-electron chi connectivity index (χ1n) is 8.11. The van der Waals surface area contributed by atoms with Crippen molar-refractivity contribution in [3.63, 3.8) is 0 Å². The maximum Gasteiger partial charge on any atom is 0.258 e. The molecule has 1 aliphatic heterocycles. The van der Waals surface area contributed by atoms with E-state index in [1.807, 2.05) is 29.2 Å². The van der Waals surface area contributed by atoms with Crippen LogP contribution >= 0.6 is 0 Å². The second-order valence-electron chi connectivity index (χ2n) is 6.09. The smallest absolute Gasteiger partial charge is 0.258 e. The summed E-state index contributed by atoms with van der Waals surface area (Å²) in [5, 5.41) is 3.62. The van der Waals surface area contributed by atoms with Gasteiger partial charge in [-0.1, -0.05) is 50.5 Å². The van der Waals surface area contributed by atoms with Crippen LogP contribution in [0.1, 0.15) is 54.4 Å². The first kappa shape index (κ1) is 14.3. The molecule has 0 atom stereocenters. The number of carbonyl (C=O) groups excluding carboxylic acids is 1. The summed E-state index contributed by atoms with van der Waals surface area (Å²) >= 11 is 0. The van der Waals surface area contributed by atoms with E-state index in [1.165, 1.54) is 38.5 Å². The molecule has 2 aliphatic rings. The number of hydrogen-bond donors (Lipinski definition) is 1. The lowest BCUT2D eigenvalue weighted by Crippen LogP contribution is -2.36. The molecule has 0 saturated heterocycles. The monoisotopic (exact) mass is 284 g/mol. The van der Waals surface area contributed by atoms with E-state index in [0.29, 0.717) is 12.6 Å². The minimum Gasteiger partial charge on any atom is -0.312 e. The lowest BCUT2D eigenvalue weighted by molar-refractivity contribution is 0.0850. The first-order chi connectivity index (χ1) is 10.3. The van der Waals surface area contributed by atoms with Gasteiger partial charge in [-0.15, -0.1) is 0 Å². The molecule has 1 N–H and O–H groups in total. The van der Waals surface area contributed by atoms with Crippen LogP contribution in [-0.2, 0) is 0 Å². The zero-order valence-electron chi connectivity index (χ0n) is 12.6. The van der Waals surface area contributed by atoms with Crippen molar-refractivity contribution < 1.29 is 4.79 Å². The summed E-state index contributed by atoms with van der Waals surface area (Å²) in [7, 11) is 0. The standard InChI is InChI=1S/C18H24N2O/c1-14-16-10-6-7-11-17(16)18(21)20(14)13-12-19-15-8-4-2-3-5-9-15/h6-7,10-11,15,19H,1-5,8-9,12-13H2. The summed E-state index contributed by atoms with van der Waals surface area (Å²) in [4.78, 5) is 14.2. The number of hydrogen-bond acceptors (Lipinski definition) is 2. The Morgan fingerprint density at radius 3 is 2.43 bits per heavy atom. The lowest BCUT2D eigenvalue weighted by atomic mass is 10.1. The number of rotatable bonds is 4. The zero-order chi connectivity index (χ0) is 14.7. The molecule has 112 valence electrons. The van der Waals surface area contributed by atoms with Gasteiger partial charge in [0.05, 0.1) is 0 Å². The Kier molecular flexibility index (Phi) is 4.39. The number of fused-ring (bicyclic) bond motifs is 1. The molecule has 0 spiro atoms. The zero-order valence-corrected chi connectivity index (χ0v) is 12.6. The fraction of sp³-hybridized carbons (Fsp3) is 0.500. The molecule has 1 aliphatic carbocycles. The van der Waals surface area contributed by atoms with Crippen molar-refractivity contribution >= 4 is 11.6 Å². The Labute approximate surface area is 127 Å². The highest BCUT2D eigenvalue weighted by atomic mass is 16.2. The van der Waals surface area contributed by atoms with Gasteiger partial charge in [0.25, 0.3) is 5.91 Å². The van der Waals surface area contributed by atoms with Crippen LogP contribution in [0.3, 0.4) is 0 Å². The van der Waals surface area contributed by atoms with E-state index in [1.54, 1.807) is 0 Å². The van der Waals surface area contributed by atoms with E-state index in [-0.39, 0.29) is 5.91 Å². The molecule has 1 heterocycles. The molecule has 3 nitrogen and oxygen atoms in total. The van der Waals surface area contributed by atoms with Gasteiger partial charge in [-0.2, -0.15) is 0 Å². The summed E-state index contributed by atoms with van der Waals surface area (Å²) in [6.07, 6.45) is 7.95. The molecule has 1 fully saturated rings. The normalized spacial score (nSPS) is 19.7. The average Bonchev–Trinajstić information content (AvgIpc) is 2.70. The molecule has 0 unspecified atom stereocenters. The third-order valence-electron chi connectivity index (χ3n) is 4.66. The van der Waals surface area contributed by atoms with E-state index < -0.39 is 0 Å². The van der Waals surface area contributed by atoms with Crippen LogP contribution in [-0.4, -0.2) is 29.9 Å². The molecule has 1 aromatic carbocycles. The second kappa shape index (κ2) is 6.44. The minimum absolute atomic E-state index is 0.0956. The van der Waals surface area contributed by atoms with Gasteiger partial charge >= 0.3 is 0 Å². The number of carbonyl (C=O) groups is 1. The summed E-state index contributed by atoms with van der Waals surface area (Å²) in [6.45, 7) is 5.65. The van der Waals surface area contributed by atoms with Gasteiger partial charge in [-0.05, 0) is 18.9 Å². The van der Waals surface area contributed by atoms with Gasteiger partial charge in [0.2, 0.25) is 0 Å². The van der Waals surface area contributed by atoms with Crippen LogP contribution < -0.4 is 5.32 Å². The van der Waals surface area contributed by atoms with Crippen LogP contribution in [0.25, 0.3) is 5.70 Å². The Morgan fingerprint density at radius 2 is 1.76 bits per heavy atom. The molecule has 3 rings (SSSR count). The number of benzene rings is 1. The molecule has 3 heteroatoms. The highest BCUT2D eigenvalue weighted by Crippen LogP contribution is 2.30. The topological polar surface area (TPSA) is 32.3 Å². The predicted molar refractivity (Wildman–Crippen MR) is 86.0 cm³/mol. The van der Waals surface area contributed by atoms with Crippen molar-refractivity contribution in [1.29, 1.82) is 0 Å². The van der Waals surface area contributed by atoms with Gasteiger partial charge in [0, 0.05) is 36.0 Å². The number of amides is 1. The van der Waals surface area contributed by atoms with Crippen molar-refractivity contribution in [2.75, 3.05) is 13.1 Å². The molecule has 1 amide bonds. The second-order valence-corrected chi connectivity index (χ2v) is 6.09. The molecular weight excluding hydrogens is 260 g/mol. The highest BCUT2D eigenvalue weighted by Gasteiger charge is 2.30. The van der Waals surface area contributed by atoms with Gasteiger partial charge in [-0.3, -0.25) is 4.79 Å². The van der Waals surface area contributed by atoms with Crippen LogP contribution in [0.15, 0.2) is 30.8 Å². The van der Waals surface area contributed by atoms with E-state index in [2.05, 4.69) is 11.9 Å². The largest absolute Gasteiger partial charge is 0.312 e. The van der Waals surface area contributed by atoms with Crippen LogP contribution in [0.4, 0.5) is 0 Å². The third-order valence-corrected chi connectivity index (χ3v) is 4.66. The third kappa shape index (κ3) is 3.03.